The molecule has 0 amide bonds. The van der Waals surface area contributed by atoms with Gasteiger partial charge in [0, 0.05) is 26.7 Å². The highest BCUT2D eigenvalue weighted by molar-refractivity contribution is 7.89. The predicted molar refractivity (Wildman–Crippen MR) is 134 cm³/mol. The number of sulfone groups is 1. The predicted octanol–water partition coefficient (Wildman–Crippen LogP) is 5.98. The molecule has 0 saturated carbocycles. The molecule has 0 N–H and O–H groups in total. The standard InChI is InChI=1S/C8H10O2.C8H10.C5H12.C2H6O2S.C2H6O/c1-9-7-3-5-8(10-2)6-4-7;1-7-3-5-8(2)6-4-7;2*1-5(2,3)4;1-3-2/h3-6H,1-2H3;3-6H,1-2H3;1-4H3;1-2H3;1-2H3. The molecule has 0 aliphatic rings. The second-order valence-corrected chi connectivity index (χ2v) is 10.9. The summed E-state index contributed by atoms with van der Waals surface area (Å²) in [6.07, 6.45) is 2.32. The minimum Gasteiger partial charge on any atom is -0.497 e. The van der Waals surface area contributed by atoms with Gasteiger partial charge in [-0.05, 0) is 43.5 Å². The summed E-state index contributed by atoms with van der Waals surface area (Å²) in [6, 6.07) is 15.9. The number of benzene rings is 2. The summed E-state index contributed by atoms with van der Waals surface area (Å²) >= 11 is 0. The molecular weight excluding hydrogens is 412 g/mol. The number of hydrogen-bond donors (Lipinski definition) is 0. The Hall–Kier alpha value is -2.05. The van der Waals surface area contributed by atoms with E-state index in [-0.39, 0.29) is 0 Å². The van der Waals surface area contributed by atoms with Crippen LogP contribution in [0, 0.1) is 19.3 Å². The van der Waals surface area contributed by atoms with E-state index < -0.39 is 9.84 Å². The Kier molecular flexibility index (Phi) is 20.3. The molecule has 0 bridgehead atoms. The van der Waals surface area contributed by atoms with Crippen LogP contribution in [0.1, 0.15) is 38.8 Å². The maximum absolute atomic E-state index is 9.63. The van der Waals surface area contributed by atoms with Crippen LogP contribution in [-0.2, 0) is 14.6 Å². The van der Waals surface area contributed by atoms with Gasteiger partial charge in [-0.2, -0.15) is 0 Å². The number of aryl methyl sites for hydroxylation is 2. The van der Waals surface area contributed by atoms with Gasteiger partial charge in [-0.1, -0.05) is 63.1 Å². The van der Waals surface area contributed by atoms with Gasteiger partial charge in [0.05, 0.1) is 14.2 Å². The average molecular weight is 457 g/mol. The van der Waals surface area contributed by atoms with Crippen LogP contribution in [0.25, 0.3) is 0 Å². The third-order valence-electron chi connectivity index (χ3n) is 2.51. The minimum atomic E-state index is -2.67. The van der Waals surface area contributed by atoms with Gasteiger partial charge in [-0.15, -0.1) is 0 Å². The van der Waals surface area contributed by atoms with Gasteiger partial charge < -0.3 is 14.2 Å². The van der Waals surface area contributed by atoms with E-state index in [0.29, 0.717) is 5.41 Å². The third-order valence-corrected chi connectivity index (χ3v) is 2.51. The molecule has 6 heteroatoms. The molecule has 2 aromatic carbocycles. The Bertz CT molecular complexity index is 686. The molecule has 180 valence electrons. The molecule has 0 radical (unpaired) electrons. The molecule has 5 nitrogen and oxygen atoms in total. The smallest absolute Gasteiger partial charge is 0.144 e. The Morgan fingerprint density at radius 2 is 0.774 bits per heavy atom. The summed E-state index contributed by atoms with van der Waals surface area (Å²) < 4.78 is 33.4. The van der Waals surface area contributed by atoms with Gasteiger partial charge in [0.2, 0.25) is 0 Å². The largest absolute Gasteiger partial charge is 0.497 e. The van der Waals surface area contributed by atoms with Crippen molar-refractivity contribution < 1.29 is 22.6 Å². The molecule has 0 saturated heterocycles. The number of rotatable bonds is 2. The van der Waals surface area contributed by atoms with Crippen LogP contribution in [0.4, 0.5) is 0 Å². The van der Waals surface area contributed by atoms with Gasteiger partial charge in [0.25, 0.3) is 0 Å². The fourth-order valence-corrected chi connectivity index (χ4v) is 1.35. The van der Waals surface area contributed by atoms with Gasteiger partial charge >= 0.3 is 0 Å². The summed E-state index contributed by atoms with van der Waals surface area (Å²) in [4.78, 5) is 0. The highest BCUT2D eigenvalue weighted by Crippen LogP contribution is 2.15. The normalized spacial score (nSPS) is 9.68. The first-order chi connectivity index (χ1) is 14.1. The van der Waals surface area contributed by atoms with E-state index >= 15 is 0 Å². The van der Waals surface area contributed by atoms with Crippen molar-refractivity contribution in [2.45, 2.75) is 41.5 Å². The molecule has 0 aromatic heterocycles. The van der Waals surface area contributed by atoms with Gasteiger partial charge in [0.1, 0.15) is 21.3 Å². The molecule has 0 fully saturated rings. The van der Waals surface area contributed by atoms with Crippen LogP contribution in [0.15, 0.2) is 48.5 Å². The first-order valence-electron chi connectivity index (χ1n) is 9.83. The monoisotopic (exact) mass is 456 g/mol. The average Bonchev–Trinajstić information content (AvgIpc) is 2.63. The fraction of sp³-hybridized carbons (Fsp3) is 0.520. The van der Waals surface area contributed by atoms with E-state index in [0.717, 1.165) is 24.0 Å². The van der Waals surface area contributed by atoms with Crippen LogP contribution in [0.2, 0.25) is 0 Å². The maximum atomic E-state index is 9.63. The SMILES string of the molecule is CC(C)(C)C.COC.COc1ccc(OC)cc1.CS(C)(=O)=O.Cc1ccc(C)cc1. The van der Waals surface area contributed by atoms with Crippen LogP contribution < -0.4 is 9.47 Å². The zero-order valence-electron chi connectivity index (χ0n) is 21.6. The summed E-state index contributed by atoms with van der Waals surface area (Å²) in [5.74, 6) is 1.70. The minimum absolute atomic E-state index is 0.500. The molecule has 0 aliphatic heterocycles. The molecular formula is C25H44O5S. The van der Waals surface area contributed by atoms with E-state index in [2.05, 4.69) is 70.5 Å². The molecule has 2 aromatic rings. The Morgan fingerprint density at radius 1 is 0.613 bits per heavy atom. The van der Waals surface area contributed by atoms with Crippen molar-refractivity contribution in [3.8, 4) is 11.5 Å². The lowest BCUT2D eigenvalue weighted by Crippen LogP contribution is -1.93. The highest BCUT2D eigenvalue weighted by Gasteiger charge is 1.95. The van der Waals surface area contributed by atoms with Crippen molar-refractivity contribution in [2.24, 2.45) is 5.41 Å². The summed E-state index contributed by atoms with van der Waals surface area (Å²) in [7, 11) is 3.86. The van der Waals surface area contributed by atoms with E-state index in [1.807, 2.05) is 24.3 Å². The number of ether oxygens (including phenoxy) is 3. The van der Waals surface area contributed by atoms with Crippen molar-refractivity contribution in [1.29, 1.82) is 0 Å². The number of methoxy groups -OCH3 is 3. The quantitative estimate of drug-likeness (QED) is 0.556. The van der Waals surface area contributed by atoms with Crippen LogP contribution in [-0.4, -0.2) is 49.4 Å². The van der Waals surface area contributed by atoms with Crippen molar-refractivity contribution in [3.05, 3.63) is 59.7 Å². The summed E-state index contributed by atoms with van der Waals surface area (Å²) in [6.45, 7) is 12.9. The lowest BCUT2D eigenvalue weighted by Gasteiger charge is -2.05. The van der Waals surface area contributed by atoms with E-state index in [1.54, 1.807) is 28.4 Å². The maximum Gasteiger partial charge on any atom is 0.144 e. The van der Waals surface area contributed by atoms with E-state index in [4.69, 9.17) is 9.47 Å². The zero-order valence-corrected chi connectivity index (χ0v) is 22.4. The lowest BCUT2D eigenvalue weighted by molar-refractivity contribution is 0.277. The lowest BCUT2D eigenvalue weighted by atomic mass is 10.0. The molecule has 0 spiro atoms. The fourth-order valence-electron chi connectivity index (χ4n) is 1.35. The third kappa shape index (κ3) is 39.1. The van der Waals surface area contributed by atoms with Crippen molar-refractivity contribution in [3.63, 3.8) is 0 Å². The van der Waals surface area contributed by atoms with Gasteiger partial charge in [0.15, 0.2) is 0 Å². The summed E-state index contributed by atoms with van der Waals surface area (Å²) in [5, 5.41) is 0. The Balaban J connectivity index is -0.000000337. The second-order valence-electron chi connectivity index (χ2n) is 8.59. The van der Waals surface area contributed by atoms with E-state index in [9.17, 15) is 8.42 Å². The van der Waals surface area contributed by atoms with Gasteiger partial charge in [-0.3, -0.25) is 0 Å². The zero-order chi connectivity index (χ0) is 25.1. The molecule has 31 heavy (non-hydrogen) atoms. The second kappa shape index (κ2) is 18.7. The van der Waals surface area contributed by atoms with E-state index in [1.165, 1.54) is 11.1 Å². The van der Waals surface area contributed by atoms with Gasteiger partial charge in [-0.25, -0.2) is 8.42 Å². The van der Waals surface area contributed by atoms with Crippen LogP contribution in [0.3, 0.4) is 0 Å². The van der Waals surface area contributed by atoms with Crippen molar-refractivity contribution in [1.82, 2.24) is 0 Å². The first kappa shape index (κ1) is 33.6. The Labute approximate surface area is 191 Å². The molecule has 2 rings (SSSR count). The van der Waals surface area contributed by atoms with Crippen LogP contribution in [0.5, 0.6) is 11.5 Å². The van der Waals surface area contributed by atoms with Crippen molar-refractivity contribution >= 4 is 9.84 Å². The molecule has 0 aliphatic carbocycles. The molecule has 0 unspecified atom stereocenters. The van der Waals surface area contributed by atoms with Crippen molar-refractivity contribution in [2.75, 3.05) is 41.0 Å². The summed E-state index contributed by atoms with van der Waals surface area (Å²) in [5.41, 5.74) is 3.16. The highest BCUT2D eigenvalue weighted by atomic mass is 32.2. The topological polar surface area (TPSA) is 61.8 Å². The first-order valence-corrected chi connectivity index (χ1v) is 12.1. The molecule has 0 atom stereocenters. The van der Waals surface area contributed by atoms with Crippen LogP contribution >= 0.6 is 0 Å². The number of hydrogen-bond acceptors (Lipinski definition) is 5. The Morgan fingerprint density at radius 3 is 0.903 bits per heavy atom. The molecule has 0 heterocycles.